The maximum atomic E-state index is 10.6. The first-order chi connectivity index (χ1) is 9.63. The van der Waals surface area contributed by atoms with Gasteiger partial charge < -0.3 is 5.73 Å². The number of fused-ring (bicyclic) bond motifs is 1. The zero-order valence-corrected chi connectivity index (χ0v) is 10.7. The van der Waals surface area contributed by atoms with Gasteiger partial charge in [0.2, 0.25) is 5.96 Å². The molecule has 0 amide bonds. The number of amidine groups is 1. The van der Waals surface area contributed by atoms with Crippen molar-refractivity contribution in [1.82, 2.24) is 4.98 Å². The van der Waals surface area contributed by atoms with Gasteiger partial charge in [0.25, 0.3) is 5.69 Å². The standard InChI is InChI=1S/C10H7N7O2S/c11-10-15-8-7(13-4-14-8)9(16-10)20-6-2-1-5(3-12-6)17(18)19/h1-4,7H,(H2,11,13,14,15). The van der Waals surface area contributed by atoms with Crippen LogP contribution in [0.3, 0.4) is 0 Å². The van der Waals surface area contributed by atoms with Gasteiger partial charge in [-0.05, 0) is 6.07 Å². The molecule has 1 aromatic heterocycles. The molecule has 100 valence electrons. The molecule has 3 rings (SSSR count). The summed E-state index contributed by atoms with van der Waals surface area (Å²) in [5.41, 5.74) is 5.53. The van der Waals surface area contributed by atoms with E-state index in [2.05, 4.69) is 25.0 Å². The van der Waals surface area contributed by atoms with Crippen molar-refractivity contribution in [3.63, 3.8) is 0 Å². The van der Waals surface area contributed by atoms with E-state index in [4.69, 9.17) is 5.73 Å². The summed E-state index contributed by atoms with van der Waals surface area (Å²) in [7, 11) is 0. The number of nitro groups is 1. The van der Waals surface area contributed by atoms with Gasteiger partial charge in [-0.1, -0.05) is 11.8 Å². The molecule has 10 heteroatoms. The van der Waals surface area contributed by atoms with Crippen LogP contribution in [0.1, 0.15) is 0 Å². The molecule has 1 unspecified atom stereocenters. The van der Waals surface area contributed by atoms with Crippen molar-refractivity contribution in [1.29, 1.82) is 0 Å². The Morgan fingerprint density at radius 1 is 1.35 bits per heavy atom. The third-order valence-electron chi connectivity index (χ3n) is 2.48. The van der Waals surface area contributed by atoms with Gasteiger partial charge in [0, 0.05) is 6.07 Å². The molecule has 0 saturated carbocycles. The average Bonchev–Trinajstić information content (AvgIpc) is 2.87. The minimum atomic E-state index is -0.504. The van der Waals surface area contributed by atoms with Crippen molar-refractivity contribution in [2.75, 3.05) is 0 Å². The van der Waals surface area contributed by atoms with Crippen LogP contribution < -0.4 is 5.73 Å². The number of hydrogen-bond donors (Lipinski definition) is 1. The molecule has 1 aromatic rings. The van der Waals surface area contributed by atoms with Crippen LogP contribution in [0.5, 0.6) is 0 Å². The Hall–Kier alpha value is -2.62. The summed E-state index contributed by atoms with van der Waals surface area (Å²) < 4.78 is 0. The van der Waals surface area contributed by atoms with Gasteiger partial charge in [-0.3, -0.25) is 15.1 Å². The first-order valence-electron chi connectivity index (χ1n) is 5.44. The first-order valence-corrected chi connectivity index (χ1v) is 6.25. The second kappa shape index (κ2) is 4.81. The predicted octanol–water partition coefficient (Wildman–Crippen LogP) is 0.618. The van der Waals surface area contributed by atoms with Crippen molar-refractivity contribution in [3.8, 4) is 0 Å². The number of aliphatic imine (C=N–C) groups is 4. The number of hydrogen-bond acceptors (Lipinski definition) is 9. The van der Waals surface area contributed by atoms with Gasteiger partial charge in [0.05, 0.1) is 4.92 Å². The minimum absolute atomic E-state index is 0.0675. The number of pyridine rings is 1. The summed E-state index contributed by atoms with van der Waals surface area (Å²) in [5.74, 6) is 0.594. The van der Waals surface area contributed by atoms with E-state index in [0.717, 1.165) is 0 Å². The highest BCUT2D eigenvalue weighted by Crippen LogP contribution is 2.25. The summed E-state index contributed by atoms with van der Waals surface area (Å²) >= 11 is 1.23. The maximum Gasteiger partial charge on any atom is 0.287 e. The Balaban J connectivity index is 1.84. The van der Waals surface area contributed by atoms with Crippen LogP contribution in [0.15, 0.2) is 43.3 Å². The summed E-state index contributed by atoms with van der Waals surface area (Å²) in [6.45, 7) is 0. The monoisotopic (exact) mass is 289 g/mol. The molecule has 2 aliphatic rings. The molecule has 2 aliphatic heterocycles. The lowest BCUT2D eigenvalue weighted by Gasteiger charge is -2.14. The van der Waals surface area contributed by atoms with Crippen LogP contribution in [-0.4, -0.2) is 39.1 Å². The molecule has 0 bridgehead atoms. The van der Waals surface area contributed by atoms with Crippen LogP contribution in [0, 0.1) is 10.1 Å². The zero-order valence-electron chi connectivity index (χ0n) is 9.87. The summed E-state index contributed by atoms with van der Waals surface area (Å²) in [6.07, 6.45) is 2.59. The molecule has 0 aliphatic carbocycles. The molecule has 3 heterocycles. The van der Waals surface area contributed by atoms with E-state index in [1.807, 2.05) is 0 Å². The SMILES string of the molecule is NC1=NC2=NC=NC2C(Sc2ccc([N+](=O)[O-])cn2)=N1. The highest BCUT2D eigenvalue weighted by molar-refractivity contribution is 8.14. The third-order valence-corrected chi connectivity index (χ3v) is 3.45. The van der Waals surface area contributed by atoms with Crippen LogP contribution >= 0.6 is 11.8 Å². The van der Waals surface area contributed by atoms with E-state index in [0.29, 0.717) is 15.9 Å². The first kappa shape index (κ1) is 12.4. The Morgan fingerprint density at radius 3 is 2.90 bits per heavy atom. The number of aromatic nitrogens is 1. The molecule has 9 nitrogen and oxygen atoms in total. The van der Waals surface area contributed by atoms with Gasteiger partial charge in [-0.15, -0.1) is 0 Å². The Kier molecular flexibility index (Phi) is 2.99. The lowest BCUT2D eigenvalue weighted by atomic mass is 10.3. The van der Waals surface area contributed by atoms with Crippen LogP contribution in [0.4, 0.5) is 5.69 Å². The molecule has 2 N–H and O–H groups in total. The molecular formula is C10H7N7O2S. The fraction of sp³-hybridized carbons (Fsp3) is 0.100. The Bertz CT molecular complexity index is 692. The van der Waals surface area contributed by atoms with Crippen molar-refractivity contribution in [2.24, 2.45) is 25.7 Å². The van der Waals surface area contributed by atoms with E-state index in [1.54, 1.807) is 6.07 Å². The number of nitrogens with zero attached hydrogens (tertiary/aromatic N) is 6. The zero-order chi connectivity index (χ0) is 14.1. The smallest absolute Gasteiger partial charge is 0.287 e. The largest absolute Gasteiger partial charge is 0.368 e. The van der Waals surface area contributed by atoms with Gasteiger partial charge >= 0.3 is 0 Å². The highest BCUT2D eigenvalue weighted by Gasteiger charge is 2.29. The topological polar surface area (TPSA) is 131 Å². The van der Waals surface area contributed by atoms with Crippen LogP contribution in [0.2, 0.25) is 0 Å². The summed E-state index contributed by atoms with van der Waals surface area (Å²) in [5, 5.41) is 11.7. The van der Waals surface area contributed by atoms with E-state index in [-0.39, 0.29) is 17.7 Å². The van der Waals surface area contributed by atoms with Crippen molar-refractivity contribution >= 4 is 40.6 Å². The third kappa shape index (κ3) is 2.28. The normalized spacial score (nSPS) is 20.0. The summed E-state index contributed by atoms with van der Waals surface area (Å²) in [6, 6.07) is 2.55. The number of nitrogens with two attached hydrogens (primary N) is 1. The fourth-order valence-electron chi connectivity index (χ4n) is 1.60. The predicted molar refractivity (Wildman–Crippen MR) is 75.5 cm³/mol. The Labute approximate surface area is 116 Å². The molecule has 0 saturated heterocycles. The fourth-order valence-corrected chi connectivity index (χ4v) is 2.48. The second-order valence-corrected chi connectivity index (χ2v) is 4.83. The lowest BCUT2D eigenvalue weighted by molar-refractivity contribution is -0.385. The summed E-state index contributed by atoms with van der Waals surface area (Å²) in [4.78, 5) is 30.3. The van der Waals surface area contributed by atoms with Crippen molar-refractivity contribution < 1.29 is 4.92 Å². The van der Waals surface area contributed by atoms with E-state index in [9.17, 15) is 10.1 Å². The molecule has 0 aromatic carbocycles. The Morgan fingerprint density at radius 2 is 2.20 bits per heavy atom. The number of rotatable bonds is 2. The van der Waals surface area contributed by atoms with Crippen molar-refractivity contribution in [3.05, 3.63) is 28.4 Å². The molecule has 0 radical (unpaired) electrons. The molecule has 0 spiro atoms. The molecule has 1 atom stereocenters. The second-order valence-electron chi connectivity index (χ2n) is 3.79. The van der Waals surface area contributed by atoms with Crippen LogP contribution in [-0.2, 0) is 0 Å². The van der Waals surface area contributed by atoms with Gasteiger partial charge in [-0.25, -0.2) is 15.0 Å². The highest BCUT2D eigenvalue weighted by atomic mass is 32.2. The molecular weight excluding hydrogens is 282 g/mol. The minimum Gasteiger partial charge on any atom is -0.368 e. The molecule has 0 fully saturated rings. The maximum absolute atomic E-state index is 10.6. The van der Waals surface area contributed by atoms with E-state index in [1.165, 1.54) is 30.4 Å². The van der Waals surface area contributed by atoms with Crippen LogP contribution in [0.25, 0.3) is 0 Å². The average molecular weight is 289 g/mol. The van der Waals surface area contributed by atoms with E-state index >= 15 is 0 Å². The number of guanidine groups is 1. The van der Waals surface area contributed by atoms with Gasteiger partial charge in [0.1, 0.15) is 22.6 Å². The van der Waals surface area contributed by atoms with E-state index < -0.39 is 4.92 Å². The number of thioether (sulfide) groups is 1. The molecule has 20 heavy (non-hydrogen) atoms. The van der Waals surface area contributed by atoms with Gasteiger partial charge in [0.15, 0.2) is 11.9 Å². The van der Waals surface area contributed by atoms with Gasteiger partial charge in [-0.2, -0.15) is 4.99 Å². The quantitative estimate of drug-likeness (QED) is 0.629. The van der Waals surface area contributed by atoms with Crippen molar-refractivity contribution in [2.45, 2.75) is 11.1 Å². The lowest BCUT2D eigenvalue weighted by Crippen LogP contribution is -2.31.